The summed E-state index contributed by atoms with van der Waals surface area (Å²) in [6.07, 6.45) is 0. The highest BCUT2D eigenvalue weighted by Crippen LogP contribution is 2.21. The molecule has 0 fully saturated rings. The Morgan fingerprint density at radius 1 is 1.20 bits per heavy atom. The summed E-state index contributed by atoms with van der Waals surface area (Å²) in [5.41, 5.74) is 1.34. The lowest BCUT2D eigenvalue weighted by atomic mass is 10.1. The first-order valence-electron chi connectivity index (χ1n) is 5.85. The van der Waals surface area contributed by atoms with Gasteiger partial charge in [-0.15, -0.1) is 0 Å². The van der Waals surface area contributed by atoms with Gasteiger partial charge in [0.2, 0.25) is 0 Å². The number of ether oxygens (including phenoxy) is 2. The van der Waals surface area contributed by atoms with Gasteiger partial charge in [-0.25, -0.2) is 9.18 Å². The minimum Gasteiger partial charge on any atom is -0.489 e. The van der Waals surface area contributed by atoms with Crippen molar-refractivity contribution in [3.63, 3.8) is 0 Å². The smallest absolute Gasteiger partial charge is 0.337 e. The molecule has 0 saturated heterocycles. The van der Waals surface area contributed by atoms with E-state index in [1.165, 1.54) is 19.2 Å². The summed E-state index contributed by atoms with van der Waals surface area (Å²) in [5.74, 6) is -0.118. The molecular formula is C15H12BrFO3. The zero-order valence-electron chi connectivity index (χ0n) is 10.7. The predicted molar refractivity (Wildman–Crippen MR) is 76.2 cm³/mol. The number of benzene rings is 2. The van der Waals surface area contributed by atoms with Crippen molar-refractivity contribution in [1.82, 2.24) is 0 Å². The summed E-state index contributed by atoms with van der Waals surface area (Å²) in [4.78, 5) is 11.4. The summed E-state index contributed by atoms with van der Waals surface area (Å²) in [6, 6.07) is 10.9. The van der Waals surface area contributed by atoms with Crippen LogP contribution in [0.1, 0.15) is 15.9 Å². The fourth-order valence-corrected chi connectivity index (χ4v) is 2.09. The lowest BCUT2D eigenvalue weighted by Crippen LogP contribution is -2.03. The van der Waals surface area contributed by atoms with Crippen molar-refractivity contribution in [3.05, 3.63) is 63.9 Å². The van der Waals surface area contributed by atoms with Crippen LogP contribution in [0.2, 0.25) is 0 Å². The second-order valence-electron chi connectivity index (χ2n) is 4.04. The molecule has 104 valence electrons. The van der Waals surface area contributed by atoms with Gasteiger partial charge in [-0.2, -0.15) is 0 Å². The molecule has 0 radical (unpaired) electrons. The Hall–Kier alpha value is -1.88. The summed E-state index contributed by atoms with van der Waals surface area (Å²) >= 11 is 3.38. The first-order chi connectivity index (χ1) is 9.60. The average molecular weight is 339 g/mol. The molecule has 2 aromatic carbocycles. The number of hydrogen-bond donors (Lipinski definition) is 0. The van der Waals surface area contributed by atoms with E-state index in [2.05, 4.69) is 20.7 Å². The van der Waals surface area contributed by atoms with Crippen LogP contribution in [0.4, 0.5) is 4.39 Å². The van der Waals surface area contributed by atoms with Crippen LogP contribution in [0.25, 0.3) is 0 Å². The molecule has 20 heavy (non-hydrogen) atoms. The van der Waals surface area contributed by atoms with Crippen LogP contribution in [0, 0.1) is 5.82 Å². The molecule has 2 rings (SSSR count). The second kappa shape index (κ2) is 6.52. The Labute approximate surface area is 124 Å². The molecule has 0 spiro atoms. The molecule has 0 bridgehead atoms. The lowest BCUT2D eigenvalue weighted by molar-refractivity contribution is 0.0600. The molecule has 5 heteroatoms. The molecule has 0 N–H and O–H groups in total. The standard InChI is InChI=1S/C15H12BrFO3/c1-19-15(18)10-2-3-11(14(16)8-10)9-20-13-6-4-12(17)5-7-13/h2-8H,9H2,1H3. The van der Waals surface area contributed by atoms with Crippen molar-refractivity contribution >= 4 is 21.9 Å². The fourth-order valence-electron chi connectivity index (χ4n) is 1.60. The fraction of sp³-hybridized carbons (Fsp3) is 0.133. The summed E-state index contributed by atoms with van der Waals surface area (Å²) < 4.78 is 23.7. The van der Waals surface area contributed by atoms with E-state index in [1.807, 2.05) is 0 Å². The number of hydrogen-bond acceptors (Lipinski definition) is 3. The zero-order chi connectivity index (χ0) is 14.5. The van der Waals surface area contributed by atoms with Crippen LogP contribution >= 0.6 is 15.9 Å². The maximum atomic E-state index is 12.8. The normalized spacial score (nSPS) is 10.2. The Kier molecular flexibility index (Phi) is 4.74. The SMILES string of the molecule is COC(=O)c1ccc(COc2ccc(F)cc2)c(Br)c1. The van der Waals surface area contributed by atoms with Crippen molar-refractivity contribution in [3.8, 4) is 5.75 Å². The van der Waals surface area contributed by atoms with Crippen LogP contribution in [0.5, 0.6) is 5.75 Å². The van der Waals surface area contributed by atoms with Crippen LogP contribution in [0.15, 0.2) is 46.9 Å². The molecule has 0 atom stereocenters. The zero-order valence-corrected chi connectivity index (χ0v) is 12.3. The summed E-state index contributed by atoms with van der Waals surface area (Å²) in [6.45, 7) is 0.313. The van der Waals surface area contributed by atoms with E-state index in [1.54, 1.807) is 30.3 Å². The van der Waals surface area contributed by atoms with E-state index in [-0.39, 0.29) is 5.82 Å². The summed E-state index contributed by atoms with van der Waals surface area (Å²) in [5, 5.41) is 0. The van der Waals surface area contributed by atoms with Gasteiger partial charge < -0.3 is 9.47 Å². The van der Waals surface area contributed by atoms with Gasteiger partial charge in [0.1, 0.15) is 18.2 Å². The minimum absolute atomic E-state index is 0.305. The van der Waals surface area contributed by atoms with E-state index in [0.717, 1.165) is 10.0 Å². The molecule has 0 aliphatic carbocycles. The van der Waals surface area contributed by atoms with Gasteiger partial charge in [0.15, 0.2) is 0 Å². The Morgan fingerprint density at radius 3 is 2.50 bits per heavy atom. The van der Waals surface area contributed by atoms with E-state index in [9.17, 15) is 9.18 Å². The van der Waals surface area contributed by atoms with Crippen LogP contribution in [0.3, 0.4) is 0 Å². The van der Waals surface area contributed by atoms with Crippen LogP contribution < -0.4 is 4.74 Å². The first kappa shape index (κ1) is 14.5. The van der Waals surface area contributed by atoms with E-state index >= 15 is 0 Å². The molecule has 2 aromatic rings. The third kappa shape index (κ3) is 3.57. The quantitative estimate of drug-likeness (QED) is 0.791. The minimum atomic E-state index is -0.392. The maximum absolute atomic E-state index is 12.8. The number of methoxy groups -OCH3 is 1. The van der Waals surface area contributed by atoms with Gasteiger partial charge in [0.25, 0.3) is 0 Å². The molecule has 0 aliphatic rings. The Morgan fingerprint density at radius 2 is 1.90 bits per heavy atom. The molecular weight excluding hydrogens is 327 g/mol. The van der Waals surface area contributed by atoms with Gasteiger partial charge >= 0.3 is 5.97 Å². The van der Waals surface area contributed by atoms with Gasteiger partial charge in [-0.3, -0.25) is 0 Å². The highest BCUT2D eigenvalue weighted by atomic mass is 79.9. The largest absolute Gasteiger partial charge is 0.489 e. The maximum Gasteiger partial charge on any atom is 0.337 e. The number of carbonyl (C=O) groups is 1. The van der Waals surface area contributed by atoms with Crippen LogP contribution in [-0.2, 0) is 11.3 Å². The van der Waals surface area contributed by atoms with Gasteiger partial charge in [-0.05, 0) is 36.4 Å². The van der Waals surface area contributed by atoms with Gasteiger partial charge in [0, 0.05) is 10.0 Å². The van der Waals surface area contributed by atoms with Gasteiger partial charge in [0.05, 0.1) is 12.7 Å². The van der Waals surface area contributed by atoms with Crippen molar-refractivity contribution in [2.24, 2.45) is 0 Å². The highest BCUT2D eigenvalue weighted by molar-refractivity contribution is 9.10. The summed E-state index contributed by atoms with van der Waals surface area (Å²) in [7, 11) is 1.34. The number of halogens is 2. The Balaban J connectivity index is 2.06. The van der Waals surface area contributed by atoms with E-state index in [0.29, 0.717) is 17.9 Å². The molecule has 0 saturated carbocycles. The number of rotatable bonds is 4. The predicted octanol–water partition coefficient (Wildman–Crippen LogP) is 3.95. The number of esters is 1. The van der Waals surface area contributed by atoms with Gasteiger partial charge in [-0.1, -0.05) is 22.0 Å². The van der Waals surface area contributed by atoms with Crippen molar-refractivity contribution in [2.45, 2.75) is 6.61 Å². The average Bonchev–Trinajstić information content (AvgIpc) is 2.46. The molecule has 3 nitrogen and oxygen atoms in total. The van der Waals surface area contributed by atoms with Crippen molar-refractivity contribution in [2.75, 3.05) is 7.11 Å². The molecule has 0 unspecified atom stereocenters. The lowest BCUT2D eigenvalue weighted by Gasteiger charge is -2.09. The van der Waals surface area contributed by atoms with E-state index < -0.39 is 5.97 Å². The highest BCUT2D eigenvalue weighted by Gasteiger charge is 2.08. The third-order valence-electron chi connectivity index (χ3n) is 2.68. The number of carbonyl (C=O) groups excluding carboxylic acids is 1. The third-order valence-corrected chi connectivity index (χ3v) is 3.42. The van der Waals surface area contributed by atoms with Crippen LogP contribution in [-0.4, -0.2) is 13.1 Å². The van der Waals surface area contributed by atoms with Crippen molar-refractivity contribution < 1.29 is 18.7 Å². The second-order valence-corrected chi connectivity index (χ2v) is 4.89. The van der Waals surface area contributed by atoms with E-state index in [4.69, 9.17) is 4.74 Å². The molecule has 0 aromatic heterocycles. The van der Waals surface area contributed by atoms with Crippen molar-refractivity contribution in [1.29, 1.82) is 0 Å². The molecule has 0 aliphatic heterocycles. The first-order valence-corrected chi connectivity index (χ1v) is 6.64. The molecule has 0 heterocycles. The molecule has 0 amide bonds. The monoisotopic (exact) mass is 338 g/mol. The topological polar surface area (TPSA) is 35.5 Å². The Bertz CT molecular complexity index is 611.